The van der Waals surface area contributed by atoms with E-state index in [-0.39, 0.29) is 5.84 Å². The van der Waals surface area contributed by atoms with E-state index in [4.69, 9.17) is 15.7 Å². The summed E-state index contributed by atoms with van der Waals surface area (Å²) >= 11 is 0. The molecule has 0 atom stereocenters. The number of hydrogen-bond donors (Lipinski definition) is 2. The Balaban J connectivity index is 2.38. The van der Waals surface area contributed by atoms with Gasteiger partial charge in [-0.05, 0) is 26.2 Å². The minimum Gasteiger partial charge on any atom is -0.476 e. The second-order valence-electron chi connectivity index (χ2n) is 4.67. The SMILES string of the molecule is CN(C)CCOc1nc2ccccc2cc1C(N)=NO. The second-order valence-corrected chi connectivity index (χ2v) is 4.67. The van der Waals surface area contributed by atoms with Gasteiger partial charge in [-0.25, -0.2) is 4.98 Å². The van der Waals surface area contributed by atoms with E-state index in [0.29, 0.717) is 18.1 Å². The number of nitrogens with two attached hydrogens (primary N) is 1. The van der Waals surface area contributed by atoms with E-state index < -0.39 is 0 Å². The first-order valence-corrected chi connectivity index (χ1v) is 6.27. The maximum Gasteiger partial charge on any atom is 0.225 e. The van der Waals surface area contributed by atoms with Crippen molar-refractivity contribution in [2.24, 2.45) is 10.9 Å². The lowest BCUT2D eigenvalue weighted by Crippen LogP contribution is -2.21. The summed E-state index contributed by atoms with van der Waals surface area (Å²) in [6.45, 7) is 1.23. The van der Waals surface area contributed by atoms with Crippen molar-refractivity contribution >= 4 is 16.7 Å². The Kier molecular flexibility index (Phi) is 4.37. The minimum atomic E-state index is -0.0110. The second kappa shape index (κ2) is 6.21. The Hall–Kier alpha value is -2.34. The van der Waals surface area contributed by atoms with Crippen LogP contribution in [0.5, 0.6) is 5.88 Å². The third-order valence-electron chi connectivity index (χ3n) is 2.85. The number of oxime groups is 1. The van der Waals surface area contributed by atoms with Crippen molar-refractivity contribution in [1.82, 2.24) is 9.88 Å². The number of likely N-dealkylation sites (N-methyl/N-ethyl adjacent to an activating group) is 1. The number of hydrogen-bond acceptors (Lipinski definition) is 5. The predicted octanol–water partition coefficient (Wildman–Crippen LogP) is 1.27. The van der Waals surface area contributed by atoms with Crippen LogP contribution in [0.3, 0.4) is 0 Å². The molecule has 1 heterocycles. The maximum absolute atomic E-state index is 8.87. The van der Waals surface area contributed by atoms with Crippen molar-refractivity contribution in [3.05, 3.63) is 35.9 Å². The summed E-state index contributed by atoms with van der Waals surface area (Å²) in [4.78, 5) is 6.43. The fourth-order valence-electron chi connectivity index (χ4n) is 1.77. The predicted molar refractivity (Wildman–Crippen MR) is 78.3 cm³/mol. The lowest BCUT2D eigenvalue weighted by molar-refractivity contribution is 0.254. The molecule has 1 aromatic heterocycles. The lowest BCUT2D eigenvalue weighted by Gasteiger charge is -2.13. The van der Waals surface area contributed by atoms with Crippen molar-refractivity contribution in [2.75, 3.05) is 27.2 Å². The molecule has 0 radical (unpaired) electrons. The van der Waals surface area contributed by atoms with Crippen molar-refractivity contribution in [1.29, 1.82) is 0 Å². The molecule has 0 aliphatic heterocycles. The molecule has 6 nitrogen and oxygen atoms in total. The fourth-order valence-corrected chi connectivity index (χ4v) is 1.77. The Morgan fingerprint density at radius 2 is 2.15 bits per heavy atom. The van der Waals surface area contributed by atoms with Crippen LogP contribution in [-0.2, 0) is 0 Å². The summed E-state index contributed by atoms with van der Waals surface area (Å²) < 4.78 is 5.65. The van der Waals surface area contributed by atoms with Gasteiger partial charge in [0.2, 0.25) is 5.88 Å². The van der Waals surface area contributed by atoms with Gasteiger partial charge in [0, 0.05) is 11.9 Å². The highest BCUT2D eigenvalue weighted by atomic mass is 16.5. The first kappa shape index (κ1) is 14.1. The monoisotopic (exact) mass is 274 g/mol. The zero-order valence-electron chi connectivity index (χ0n) is 11.6. The molecule has 106 valence electrons. The number of amidine groups is 1. The number of aromatic nitrogens is 1. The number of benzene rings is 1. The number of ether oxygens (including phenoxy) is 1. The summed E-state index contributed by atoms with van der Waals surface area (Å²) in [5.74, 6) is 0.365. The van der Waals surface area contributed by atoms with E-state index in [0.717, 1.165) is 17.4 Å². The number of fused-ring (bicyclic) bond motifs is 1. The Bertz CT molecular complexity index is 626. The molecule has 0 unspecified atom stereocenters. The Morgan fingerprint density at radius 1 is 1.40 bits per heavy atom. The van der Waals surface area contributed by atoms with Crippen LogP contribution in [0.1, 0.15) is 5.56 Å². The lowest BCUT2D eigenvalue weighted by atomic mass is 10.1. The topological polar surface area (TPSA) is 84.0 Å². The van der Waals surface area contributed by atoms with Crippen molar-refractivity contribution in [3.8, 4) is 5.88 Å². The molecule has 0 fully saturated rings. The van der Waals surface area contributed by atoms with Gasteiger partial charge < -0.3 is 20.6 Å². The zero-order chi connectivity index (χ0) is 14.5. The van der Waals surface area contributed by atoms with Gasteiger partial charge >= 0.3 is 0 Å². The van der Waals surface area contributed by atoms with E-state index in [1.807, 2.05) is 49.3 Å². The fraction of sp³-hybridized carbons (Fsp3) is 0.286. The van der Waals surface area contributed by atoms with Crippen LogP contribution < -0.4 is 10.5 Å². The number of rotatable bonds is 5. The zero-order valence-corrected chi connectivity index (χ0v) is 11.6. The molecular formula is C14H18N4O2. The summed E-state index contributed by atoms with van der Waals surface area (Å²) in [5, 5.41) is 12.8. The molecule has 1 aromatic carbocycles. The summed E-state index contributed by atoms with van der Waals surface area (Å²) in [6.07, 6.45) is 0. The van der Waals surface area contributed by atoms with E-state index in [2.05, 4.69) is 10.1 Å². The van der Waals surface area contributed by atoms with Gasteiger partial charge in [-0.2, -0.15) is 0 Å². The van der Waals surface area contributed by atoms with Gasteiger partial charge in [0.25, 0.3) is 0 Å². The van der Waals surface area contributed by atoms with Gasteiger partial charge in [-0.1, -0.05) is 23.4 Å². The quantitative estimate of drug-likeness (QED) is 0.371. The highest BCUT2D eigenvalue weighted by molar-refractivity contribution is 6.02. The number of para-hydroxylation sites is 1. The summed E-state index contributed by atoms with van der Waals surface area (Å²) in [5.41, 5.74) is 6.99. The summed E-state index contributed by atoms with van der Waals surface area (Å²) in [6, 6.07) is 9.43. The molecule has 2 rings (SSSR count). The molecule has 0 spiro atoms. The third kappa shape index (κ3) is 3.16. The highest BCUT2D eigenvalue weighted by Gasteiger charge is 2.12. The molecule has 0 amide bonds. The molecule has 3 N–H and O–H groups in total. The Morgan fingerprint density at radius 3 is 2.85 bits per heavy atom. The van der Waals surface area contributed by atoms with Crippen LogP contribution in [0.4, 0.5) is 0 Å². The maximum atomic E-state index is 8.87. The minimum absolute atomic E-state index is 0.0110. The van der Waals surface area contributed by atoms with E-state index >= 15 is 0 Å². The molecule has 6 heteroatoms. The molecule has 0 bridgehead atoms. The molecule has 2 aromatic rings. The Labute approximate surface area is 117 Å². The van der Waals surface area contributed by atoms with Crippen LogP contribution >= 0.6 is 0 Å². The first-order chi connectivity index (χ1) is 9.61. The van der Waals surface area contributed by atoms with Crippen molar-refractivity contribution < 1.29 is 9.94 Å². The van der Waals surface area contributed by atoms with Crippen molar-refractivity contribution in [2.45, 2.75) is 0 Å². The van der Waals surface area contributed by atoms with E-state index in [1.54, 1.807) is 0 Å². The van der Waals surface area contributed by atoms with Crippen molar-refractivity contribution in [3.63, 3.8) is 0 Å². The smallest absolute Gasteiger partial charge is 0.225 e. The van der Waals surface area contributed by atoms with Gasteiger partial charge in [0.1, 0.15) is 6.61 Å². The summed E-state index contributed by atoms with van der Waals surface area (Å²) in [7, 11) is 3.92. The van der Waals surface area contributed by atoms with Gasteiger partial charge in [0.15, 0.2) is 5.84 Å². The van der Waals surface area contributed by atoms with Crippen LogP contribution in [0.25, 0.3) is 10.9 Å². The average Bonchev–Trinajstić information content (AvgIpc) is 2.45. The normalized spacial score (nSPS) is 12.1. The highest BCUT2D eigenvalue weighted by Crippen LogP contribution is 2.22. The van der Waals surface area contributed by atoms with Crippen LogP contribution in [0.2, 0.25) is 0 Å². The van der Waals surface area contributed by atoms with Crippen LogP contribution in [0.15, 0.2) is 35.5 Å². The number of nitrogens with zero attached hydrogens (tertiary/aromatic N) is 3. The standard InChI is InChI=1S/C14H18N4O2/c1-18(2)7-8-20-14-11(13(15)17-19)9-10-5-3-4-6-12(10)16-14/h3-6,9,19H,7-8H2,1-2H3,(H2,15,17). The van der Waals surface area contributed by atoms with Gasteiger partial charge in [0.05, 0.1) is 11.1 Å². The van der Waals surface area contributed by atoms with Gasteiger partial charge in [-0.15, -0.1) is 0 Å². The first-order valence-electron chi connectivity index (χ1n) is 6.27. The largest absolute Gasteiger partial charge is 0.476 e. The molecular weight excluding hydrogens is 256 g/mol. The number of pyridine rings is 1. The average molecular weight is 274 g/mol. The molecule has 0 aliphatic carbocycles. The molecule has 0 saturated carbocycles. The molecule has 0 aliphatic rings. The van der Waals surface area contributed by atoms with E-state index in [9.17, 15) is 0 Å². The third-order valence-corrected chi connectivity index (χ3v) is 2.85. The van der Waals surface area contributed by atoms with Crippen LogP contribution in [0, 0.1) is 0 Å². The van der Waals surface area contributed by atoms with Crippen LogP contribution in [-0.4, -0.2) is 48.2 Å². The van der Waals surface area contributed by atoms with E-state index in [1.165, 1.54) is 0 Å². The molecule has 0 saturated heterocycles. The molecule has 20 heavy (non-hydrogen) atoms. The van der Waals surface area contributed by atoms with Gasteiger partial charge in [-0.3, -0.25) is 0 Å².